The Labute approximate surface area is 109 Å². The number of benzene rings is 1. The number of ether oxygens (including phenoxy) is 2. The first kappa shape index (κ1) is 12.2. The Morgan fingerprint density at radius 1 is 1.47 bits per heavy atom. The molecule has 1 aliphatic rings. The van der Waals surface area contributed by atoms with Gasteiger partial charge in [-0.2, -0.15) is 0 Å². The van der Waals surface area contributed by atoms with Crippen LogP contribution in [-0.2, 0) is 4.74 Å². The summed E-state index contributed by atoms with van der Waals surface area (Å²) in [5, 5.41) is 0. The molecule has 3 nitrogen and oxygen atoms in total. The van der Waals surface area contributed by atoms with Gasteiger partial charge in [0.1, 0.15) is 5.75 Å². The maximum Gasteiger partial charge on any atom is 0.192 e. The predicted octanol–water partition coefficient (Wildman–Crippen LogP) is 3.33. The second kappa shape index (κ2) is 5.36. The predicted molar refractivity (Wildman–Crippen MR) is 68.3 cm³/mol. The summed E-state index contributed by atoms with van der Waals surface area (Å²) in [5.74, 6) is 0.739. The summed E-state index contributed by atoms with van der Waals surface area (Å²) >= 11 is 3.37. The number of allylic oxidation sites excluding steroid dienone is 1. The zero-order chi connectivity index (χ0) is 12.3. The van der Waals surface area contributed by atoms with Gasteiger partial charge in [0.15, 0.2) is 5.78 Å². The zero-order valence-corrected chi connectivity index (χ0v) is 11.1. The van der Waals surface area contributed by atoms with E-state index in [4.69, 9.17) is 9.47 Å². The van der Waals surface area contributed by atoms with Crippen molar-refractivity contribution in [3.8, 4) is 5.75 Å². The van der Waals surface area contributed by atoms with Crippen LogP contribution in [0.2, 0.25) is 0 Å². The van der Waals surface area contributed by atoms with Crippen LogP contribution < -0.4 is 4.74 Å². The van der Waals surface area contributed by atoms with Gasteiger partial charge in [0, 0.05) is 11.1 Å². The van der Waals surface area contributed by atoms with Crippen molar-refractivity contribution in [2.75, 3.05) is 13.7 Å². The lowest BCUT2D eigenvalue weighted by molar-refractivity contribution is 0.101. The van der Waals surface area contributed by atoms with Gasteiger partial charge in [-0.25, -0.2) is 0 Å². The summed E-state index contributed by atoms with van der Waals surface area (Å²) in [6.07, 6.45) is 3.25. The lowest BCUT2D eigenvalue weighted by Crippen LogP contribution is -2.09. The topological polar surface area (TPSA) is 35.5 Å². The number of rotatable bonds is 3. The molecule has 0 saturated heterocycles. The van der Waals surface area contributed by atoms with Crippen molar-refractivity contribution in [1.82, 2.24) is 0 Å². The quantitative estimate of drug-likeness (QED) is 0.803. The largest absolute Gasteiger partial charge is 0.501 e. The van der Waals surface area contributed by atoms with Crippen LogP contribution in [0.5, 0.6) is 5.75 Å². The molecule has 1 heterocycles. The van der Waals surface area contributed by atoms with Crippen LogP contribution in [0.4, 0.5) is 0 Å². The molecule has 0 spiro atoms. The third-order valence-corrected chi connectivity index (χ3v) is 3.26. The van der Waals surface area contributed by atoms with Crippen LogP contribution in [0.25, 0.3) is 0 Å². The highest BCUT2D eigenvalue weighted by Crippen LogP contribution is 2.27. The second-order valence-electron chi connectivity index (χ2n) is 3.80. The number of methoxy groups -OCH3 is 1. The summed E-state index contributed by atoms with van der Waals surface area (Å²) in [4.78, 5) is 12.1. The second-order valence-corrected chi connectivity index (χ2v) is 4.65. The molecule has 0 radical (unpaired) electrons. The molecule has 0 fully saturated rings. The Bertz CT molecular complexity index is 466. The fourth-order valence-electron chi connectivity index (χ4n) is 1.72. The Hall–Kier alpha value is -1.29. The minimum atomic E-state index is 0.0213. The van der Waals surface area contributed by atoms with Gasteiger partial charge in [-0.15, -0.1) is 0 Å². The molecule has 0 N–H and O–H groups in total. The van der Waals surface area contributed by atoms with Crippen molar-refractivity contribution in [2.45, 2.75) is 12.8 Å². The normalized spacial score (nSPS) is 14.8. The third kappa shape index (κ3) is 2.69. The van der Waals surface area contributed by atoms with E-state index in [1.165, 1.54) is 0 Å². The lowest BCUT2D eigenvalue weighted by atomic mass is 10.00. The van der Waals surface area contributed by atoms with Gasteiger partial charge in [-0.1, -0.05) is 0 Å². The number of ketones is 1. The smallest absolute Gasteiger partial charge is 0.192 e. The van der Waals surface area contributed by atoms with Gasteiger partial charge in [0.2, 0.25) is 0 Å². The molecule has 0 bridgehead atoms. The maximum atomic E-state index is 12.1. The Kier molecular flexibility index (Phi) is 3.84. The number of hydrogen-bond acceptors (Lipinski definition) is 3. The van der Waals surface area contributed by atoms with E-state index in [2.05, 4.69) is 15.9 Å². The Balaban J connectivity index is 2.25. The van der Waals surface area contributed by atoms with Gasteiger partial charge in [0.25, 0.3) is 0 Å². The van der Waals surface area contributed by atoms with Crippen LogP contribution in [-0.4, -0.2) is 19.5 Å². The van der Waals surface area contributed by atoms with Gasteiger partial charge >= 0.3 is 0 Å². The standard InChI is InChI=1S/C13H13BrO3/c1-16-12-5-4-9(7-11(12)14)13(15)10-3-2-6-17-8-10/h4-5,7-8H,2-3,6H2,1H3. The maximum absolute atomic E-state index is 12.1. The first-order chi connectivity index (χ1) is 8.22. The van der Waals surface area contributed by atoms with Crippen molar-refractivity contribution in [3.63, 3.8) is 0 Å². The molecular weight excluding hydrogens is 284 g/mol. The summed E-state index contributed by atoms with van der Waals surface area (Å²) in [6, 6.07) is 5.32. The van der Waals surface area contributed by atoms with Crippen LogP contribution >= 0.6 is 15.9 Å². The molecule has 2 rings (SSSR count). The molecule has 0 aliphatic carbocycles. The van der Waals surface area contributed by atoms with Crippen LogP contribution in [0.15, 0.2) is 34.5 Å². The molecule has 17 heavy (non-hydrogen) atoms. The minimum absolute atomic E-state index is 0.0213. The van der Waals surface area contributed by atoms with E-state index >= 15 is 0 Å². The first-order valence-electron chi connectivity index (χ1n) is 5.41. The highest BCUT2D eigenvalue weighted by atomic mass is 79.9. The van der Waals surface area contributed by atoms with Crippen molar-refractivity contribution in [1.29, 1.82) is 0 Å². The van der Waals surface area contributed by atoms with Crippen molar-refractivity contribution in [2.24, 2.45) is 0 Å². The van der Waals surface area contributed by atoms with E-state index in [0.717, 1.165) is 28.6 Å². The molecule has 0 amide bonds. The molecule has 1 aliphatic heterocycles. The molecule has 0 atom stereocenters. The number of Topliss-reactive ketones (excluding diaryl/α,β-unsaturated/α-hetero) is 1. The van der Waals surface area contributed by atoms with E-state index < -0.39 is 0 Å². The number of hydrogen-bond donors (Lipinski definition) is 0. The van der Waals surface area contributed by atoms with Gasteiger partial charge in [-0.05, 0) is 47.0 Å². The number of carbonyl (C=O) groups is 1. The molecule has 4 heteroatoms. The summed E-state index contributed by atoms with van der Waals surface area (Å²) < 4.78 is 11.1. The molecule has 1 aromatic carbocycles. The summed E-state index contributed by atoms with van der Waals surface area (Å²) in [5.41, 5.74) is 1.38. The first-order valence-corrected chi connectivity index (χ1v) is 6.20. The van der Waals surface area contributed by atoms with Crippen molar-refractivity contribution in [3.05, 3.63) is 40.1 Å². The highest BCUT2D eigenvalue weighted by molar-refractivity contribution is 9.10. The Morgan fingerprint density at radius 3 is 2.88 bits per heavy atom. The highest BCUT2D eigenvalue weighted by Gasteiger charge is 2.16. The third-order valence-electron chi connectivity index (χ3n) is 2.64. The Morgan fingerprint density at radius 2 is 2.29 bits per heavy atom. The van der Waals surface area contributed by atoms with E-state index in [1.807, 2.05) is 0 Å². The lowest BCUT2D eigenvalue weighted by Gasteiger charge is -2.13. The van der Waals surface area contributed by atoms with Gasteiger partial charge in [0.05, 0.1) is 24.5 Å². The SMILES string of the molecule is COc1ccc(C(=O)C2=COCCC2)cc1Br. The minimum Gasteiger partial charge on any atom is -0.501 e. The summed E-state index contributed by atoms with van der Waals surface area (Å²) in [7, 11) is 1.60. The van der Waals surface area contributed by atoms with E-state index in [0.29, 0.717) is 12.2 Å². The monoisotopic (exact) mass is 296 g/mol. The fraction of sp³-hybridized carbons (Fsp3) is 0.308. The van der Waals surface area contributed by atoms with Gasteiger partial charge < -0.3 is 9.47 Å². The van der Waals surface area contributed by atoms with Crippen LogP contribution in [0, 0.1) is 0 Å². The molecule has 0 saturated carbocycles. The van der Waals surface area contributed by atoms with Crippen LogP contribution in [0.3, 0.4) is 0 Å². The van der Waals surface area contributed by atoms with E-state index in [-0.39, 0.29) is 5.78 Å². The average Bonchev–Trinajstić information content (AvgIpc) is 2.39. The number of carbonyl (C=O) groups excluding carboxylic acids is 1. The number of halogens is 1. The fourth-order valence-corrected chi connectivity index (χ4v) is 2.27. The molecule has 0 aromatic heterocycles. The molecule has 1 aromatic rings. The average molecular weight is 297 g/mol. The van der Waals surface area contributed by atoms with E-state index in [9.17, 15) is 4.79 Å². The zero-order valence-electron chi connectivity index (χ0n) is 9.53. The summed E-state index contributed by atoms with van der Waals surface area (Å²) in [6.45, 7) is 0.698. The van der Waals surface area contributed by atoms with E-state index in [1.54, 1.807) is 31.6 Å². The van der Waals surface area contributed by atoms with Gasteiger partial charge in [-0.3, -0.25) is 4.79 Å². The van der Waals surface area contributed by atoms with Crippen molar-refractivity contribution >= 4 is 21.7 Å². The molecular formula is C13H13BrO3. The van der Waals surface area contributed by atoms with Crippen molar-refractivity contribution < 1.29 is 14.3 Å². The van der Waals surface area contributed by atoms with Crippen LogP contribution in [0.1, 0.15) is 23.2 Å². The molecule has 90 valence electrons. The molecule has 0 unspecified atom stereocenters.